The number of hydrogen-bond acceptors (Lipinski definition) is 2. The second-order valence-corrected chi connectivity index (χ2v) is 11.4. The fourth-order valence-corrected chi connectivity index (χ4v) is 8.53. The third kappa shape index (κ3) is 3.39. The molecule has 0 radical (unpaired) electrons. The highest BCUT2D eigenvalue weighted by Crippen LogP contribution is 2.68. The molecule has 0 aromatic carbocycles. The van der Waals surface area contributed by atoms with E-state index in [-0.39, 0.29) is 17.6 Å². The maximum atomic E-state index is 11.1. The van der Waals surface area contributed by atoms with Gasteiger partial charge in [0.25, 0.3) is 0 Å². The van der Waals surface area contributed by atoms with Crippen molar-refractivity contribution >= 4 is 0 Å². The van der Waals surface area contributed by atoms with Gasteiger partial charge in [-0.2, -0.15) is 0 Å². The molecule has 9 atom stereocenters. The number of allylic oxidation sites excluding steroid dienone is 5. The third-order valence-corrected chi connectivity index (χ3v) is 10.0. The van der Waals surface area contributed by atoms with Crippen LogP contribution in [0.5, 0.6) is 0 Å². The molecule has 2 nitrogen and oxygen atoms in total. The van der Waals surface area contributed by atoms with Crippen LogP contribution in [0.1, 0.15) is 79.1 Å². The first-order chi connectivity index (χ1) is 13.7. The molecule has 4 fully saturated rings. The lowest BCUT2D eigenvalue weighted by molar-refractivity contribution is -0.180. The Balaban J connectivity index is 1.57. The van der Waals surface area contributed by atoms with Crippen molar-refractivity contribution in [2.75, 3.05) is 0 Å². The zero-order valence-corrected chi connectivity index (χ0v) is 19.0. The first kappa shape index (κ1) is 21.4. The van der Waals surface area contributed by atoms with Gasteiger partial charge in [0.15, 0.2) is 0 Å². The normalized spacial score (nSPS) is 50.1. The molecule has 4 rings (SSSR count). The molecule has 0 saturated heterocycles. The first-order valence-corrected chi connectivity index (χ1v) is 12.0. The maximum absolute atomic E-state index is 11.1. The van der Waals surface area contributed by atoms with E-state index in [1.165, 1.54) is 44.1 Å². The van der Waals surface area contributed by atoms with Crippen LogP contribution in [-0.4, -0.2) is 22.4 Å². The summed E-state index contributed by atoms with van der Waals surface area (Å²) in [6, 6.07) is 0. The highest BCUT2D eigenvalue weighted by Gasteiger charge is 2.62. The maximum Gasteiger partial charge on any atom is 0.0623 e. The summed E-state index contributed by atoms with van der Waals surface area (Å²) in [4.78, 5) is 0. The molecule has 0 spiro atoms. The lowest BCUT2D eigenvalue weighted by atomic mass is 9.44. The zero-order valence-electron chi connectivity index (χ0n) is 19.0. The molecule has 4 aliphatic rings. The Hall–Kier alpha value is -0.860. The minimum absolute atomic E-state index is 0.0106. The van der Waals surface area contributed by atoms with Gasteiger partial charge in [0.05, 0.1) is 12.2 Å². The van der Waals surface area contributed by atoms with Crippen molar-refractivity contribution in [3.8, 4) is 0 Å². The number of hydrogen-bond donors (Lipinski definition) is 2. The van der Waals surface area contributed by atoms with Crippen molar-refractivity contribution in [2.45, 2.75) is 91.3 Å². The van der Waals surface area contributed by atoms with Crippen LogP contribution < -0.4 is 0 Å². The van der Waals surface area contributed by atoms with Crippen LogP contribution >= 0.6 is 0 Å². The summed E-state index contributed by atoms with van der Waals surface area (Å²) in [6.07, 6.45) is 15.1. The molecule has 0 amide bonds. The molecule has 0 aromatic heterocycles. The Labute approximate surface area is 178 Å². The van der Waals surface area contributed by atoms with Crippen molar-refractivity contribution in [3.63, 3.8) is 0 Å². The molecule has 0 aromatic rings. The van der Waals surface area contributed by atoms with Gasteiger partial charge in [-0.3, -0.25) is 0 Å². The van der Waals surface area contributed by atoms with E-state index < -0.39 is 0 Å². The van der Waals surface area contributed by atoms with Crippen LogP contribution in [0.3, 0.4) is 0 Å². The van der Waals surface area contributed by atoms with E-state index in [1.54, 1.807) is 0 Å². The van der Waals surface area contributed by atoms with Crippen molar-refractivity contribution in [1.82, 2.24) is 0 Å². The van der Waals surface area contributed by atoms with E-state index in [1.807, 2.05) is 6.92 Å². The second-order valence-electron chi connectivity index (χ2n) is 11.4. The van der Waals surface area contributed by atoms with Gasteiger partial charge >= 0.3 is 0 Å². The Morgan fingerprint density at radius 3 is 2.45 bits per heavy atom. The Kier molecular flexibility index (Phi) is 5.66. The molecule has 4 saturated carbocycles. The van der Waals surface area contributed by atoms with E-state index in [0.29, 0.717) is 29.6 Å². The fourth-order valence-electron chi connectivity index (χ4n) is 8.53. The Morgan fingerprint density at radius 1 is 0.966 bits per heavy atom. The third-order valence-electron chi connectivity index (χ3n) is 10.0. The summed E-state index contributed by atoms with van der Waals surface area (Å²) in [6.45, 7) is 13.3. The van der Waals surface area contributed by atoms with E-state index in [9.17, 15) is 10.2 Å². The van der Waals surface area contributed by atoms with E-state index >= 15 is 0 Å². The van der Waals surface area contributed by atoms with Crippen LogP contribution in [-0.2, 0) is 0 Å². The lowest BCUT2D eigenvalue weighted by Crippen LogP contribution is -2.59. The fraction of sp³-hybridized carbons (Fsp3) is 0.778. The molecule has 2 heteroatoms. The highest BCUT2D eigenvalue weighted by molar-refractivity contribution is 5.24. The molecule has 0 heterocycles. The number of fused-ring (bicyclic) bond motifs is 5. The number of aliphatic hydroxyl groups is 2. The largest absolute Gasteiger partial charge is 0.393 e. The van der Waals surface area contributed by atoms with Gasteiger partial charge in [0.1, 0.15) is 0 Å². The van der Waals surface area contributed by atoms with Gasteiger partial charge in [-0.15, -0.1) is 0 Å². The molecule has 4 aliphatic carbocycles. The summed E-state index contributed by atoms with van der Waals surface area (Å²) in [5.74, 6) is 3.36. The van der Waals surface area contributed by atoms with Crippen molar-refractivity contribution in [2.24, 2.45) is 40.4 Å². The smallest absolute Gasteiger partial charge is 0.0623 e. The van der Waals surface area contributed by atoms with Crippen LogP contribution in [0.15, 0.2) is 36.0 Å². The zero-order chi connectivity index (χ0) is 21.0. The molecule has 162 valence electrons. The van der Waals surface area contributed by atoms with Gasteiger partial charge in [-0.05, 0) is 106 Å². The number of rotatable bonds is 3. The summed E-state index contributed by atoms with van der Waals surface area (Å²) < 4.78 is 0. The molecular formula is C27H42O2. The van der Waals surface area contributed by atoms with Gasteiger partial charge in [-0.25, -0.2) is 0 Å². The predicted octanol–water partition coefficient (Wildman–Crippen LogP) is 6.06. The van der Waals surface area contributed by atoms with Gasteiger partial charge in [0.2, 0.25) is 0 Å². The SMILES string of the molecule is C=C(C)C=CC=C(C)[C@H]1CC[C@H]2[C@@H]3CCC4CC(O)CC(O)[C@]4(C)[C@H]3CC[C@]12C. The lowest BCUT2D eigenvalue weighted by Gasteiger charge is -2.62. The molecular weight excluding hydrogens is 356 g/mol. The van der Waals surface area contributed by atoms with Crippen LogP contribution in [0.2, 0.25) is 0 Å². The molecule has 29 heavy (non-hydrogen) atoms. The topological polar surface area (TPSA) is 40.5 Å². The van der Waals surface area contributed by atoms with Gasteiger partial charge in [0, 0.05) is 0 Å². The van der Waals surface area contributed by atoms with Crippen LogP contribution in [0.4, 0.5) is 0 Å². The molecule has 0 bridgehead atoms. The van der Waals surface area contributed by atoms with Crippen molar-refractivity contribution in [3.05, 3.63) is 36.0 Å². The van der Waals surface area contributed by atoms with Crippen molar-refractivity contribution in [1.29, 1.82) is 0 Å². The average Bonchev–Trinajstić information content (AvgIpc) is 3.00. The molecule has 0 aliphatic heterocycles. The minimum Gasteiger partial charge on any atom is -0.393 e. The standard InChI is InChI=1S/C27H42O2/c1-17(2)7-6-8-18(3)22-11-12-23-21-10-9-19-15-20(28)16-25(29)27(19,5)24(21)13-14-26(22,23)4/h6-8,19-25,28-29H,1,9-16H2,2-5H3/t19?,20?,21-,22+,23-,24-,25?,26+,27-/m0/s1. The Morgan fingerprint density at radius 2 is 1.72 bits per heavy atom. The van der Waals surface area contributed by atoms with Gasteiger partial charge < -0.3 is 10.2 Å². The minimum atomic E-state index is -0.334. The van der Waals surface area contributed by atoms with Gasteiger partial charge in [-0.1, -0.05) is 49.8 Å². The van der Waals surface area contributed by atoms with E-state index in [2.05, 4.69) is 45.6 Å². The summed E-state index contributed by atoms with van der Waals surface area (Å²) in [5, 5.41) is 21.3. The first-order valence-electron chi connectivity index (χ1n) is 12.0. The van der Waals surface area contributed by atoms with E-state index in [4.69, 9.17) is 0 Å². The summed E-state index contributed by atoms with van der Waals surface area (Å²) in [7, 11) is 0. The monoisotopic (exact) mass is 398 g/mol. The Bertz CT molecular complexity index is 705. The van der Waals surface area contributed by atoms with Crippen LogP contribution in [0, 0.1) is 40.4 Å². The quantitative estimate of drug-likeness (QED) is 0.568. The molecule has 2 N–H and O–H groups in total. The van der Waals surface area contributed by atoms with Crippen LogP contribution in [0.25, 0.3) is 0 Å². The summed E-state index contributed by atoms with van der Waals surface area (Å²) >= 11 is 0. The average molecular weight is 399 g/mol. The van der Waals surface area contributed by atoms with E-state index in [0.717, 1.165) is 23.8 Å². The predicted molar refractivity (Wildman–Crippen MR) is 120 cm³/mol. The summed E-state index contributed by atoms with van der Waals surface area (Å²) in [5.41, 5.74) is 3.05. The van der Waals surface area contributed by atoms with Crippen molar-refractivity contribution < 1.29 is 10.2 Å². The highest BCUT2D eigenvalue weighted by atomic mass is 16.3. The number of aliphatic hydroxyl groups excluding tert-OH is 2. The second kappa shape index (κ2) is 7.68. The molecule has 3 unspecified atom stereocenters.